The van der Waals surface area contributed by atoms with E-state index in [0.717, 1.165) is 5.56 Å². The molecule has 0 aliphatic carbocycles. The van der Waals surface area contributed by atoms with Crippen molar-refractivity contribution in [3.8, 4) is 23.3 Å². The van der Waals surface area contributed by atoms with Crippen LogP contribution in [-0.2, 0) is 0 Å². The Kier molecular flexibility index (Phi) is 4.45. The lowest BCUT2D eigenvalue weighted by molar-refractivity contribution is 0.100. The van der Waals surface area contributed by atoms with Crippen LogP contribution in [0.3, 0.4) is 0 Å². The number of halogens is 1. The summed E-state index contributed by atoms with van der Waals surface area (Å²) in [5, 5.41) is 10.5. The van der Waals surface area contributed by atoms with Crippen molar-refractivity contribution >= 4 is 22.8 Å². The number of hydrogen-bond donors (Lipinski definition) is 3. The van der Waals surface area contributed by atoms with Gasteiger partial charge < -0.3 is 16.6 Å². The van der Waals surface area contributed by atoms with E-state index in [1.165, 1.54) is 17.7 Å². The van der Waals surface area contributed by atoms with Gasteiger partial charge in [-0.2, -0.15) is 0 Å². The van der Waals surface area contributed by atoms with Gasteiger partial charge in [-0.15, -0.1) is 0 Å². The number of carbonyl (C=O) groups is 1. The number of aromatic hydroxyl groups is 1. The van der Waals surface area contributed by atoms with Crippen LogP contribution in [-0.4, -0.2) is 31.7 Å². The fourth-order valence-corrected chi connectivity index (χ4v) is 2.96. The van der Waals surface area contributed by atoms with Gasteiger partial charge in [0.05, 0.1) is 16.6 Å². The number of nitrogen functional groups attached to an aromatic ring is 1. The first kappa shape index (κ1) is 18.2. The first-order valence-electron chi connectivity index (χ1n) is 8.14. The standard InChI is InChI=1S/C19H18FN5O2/c1-9-4-6-13(26)11(3)16(9)25-17(21)15(18(22)27)12-8-23-14(24-19(12)25)7-5-10(2)20/h4,6,8,10,26H,21H2,1-3H3,(H2,22,27). The van der Waals surface area contributed by atoms with Crippen LogP contribution < -0.4 is 11.5 Å². The first-order chi connectivity index (χ1) is 12.7. The lowest BCUT2D eigenvalue weighted by Gasteiger charge is -2.15. The highest BCUT2D eigenvalue weighted by Gasteiger charge is 2.24. The predicted octanol–water partition coefficient (Wildman–Crippen LogP) is 2.13. The minimum Gasteiger partial charge on any atom is -0.508 e. The van der Waals surface area contributed by atoms with Gasteiger partial charge in [0, 0.05) is 11.8 Å². The Labute approximate surface area is 154 Å². The van der Waals surface area contributed by atoms with Crippen LogP contribution in [0, 0.1) is 25.7 Å². The molecule has 1 unspecified atom stereocenters. The third-order valence-electron chi connectivity index (χ3n) is 4.20. The van der Waals surface area contributed by atoms with Crippen LogP contribution in [0.15, 0.2) is 18.3 Å². The minimum atomic E-state index is -1.34. The molecule has 8 heteroatoms. The number of alkyl halides is 1. The summed E-state index contributed by atoms with van der Waals surface area (Å²) < 4.78 is 14.6. The third kappa shape index (κ3) is 3.04. The summed E-state index contributed by atoms with van der Waals surface area (Å²) in [4.78, 5) is 20.4. The monoisotopic (exact) mass is 367 g/mol. The van der Waals surface area contributed by atoms with Crippen molar-refractivity contribution < 1.29 is 14.3 Å². The fourth-order valence-electron chi connectivity index (χ4n) is 2.96. The van der Waals surface area contributed by atoms with E-state index in [1.54, 1.807) is 19.1 Å². The summed E-state index contributed by atoms with van der Waals surface area (Å²) in [7, 11) is 0. The van der Waals surface area contributed by atoms with Crippen LogP contribution in [0.2, 0.25) is 0 Å². The number of nitrogens with zero attached hydrogens (tertiary/aromatic N) is 3. The Hall–Kier alpha value is -3.60. The van der Waals surface area contributed by atoms with E-state index in [4.69, 9.17) is 11.5 Å². The highest BCUT2D eigenvalue weighted by Crippen LogP contribution is 2.35. The van der Waals surface area contributed by atoms with Crippen molar-refractivity contribution in [3.05, 3.63) is 40.8 Å². The molecule has 138 valence electrons. The second-order valence-electron chi connectivity index (χ2n) is 6.15. The molecule has 0 fully saturated rings. The Morgan fingerprint density at radius 3 is 2.70 bits per heavy atom. The van der Waals surface area contributed by atoms with Gasteiger partial charge in [0.1, 0.15) is 11.6 Å². The summed E-state index contributed by atoms with van der Waals surface area (Å²) in [6, 6.07) is 3.29. The zero-order chi connectivity index (χ0) is 19.9. The molecule has 5 N–H and O–H groups in total. The first-order valence-corrected chi connectivity index (χ1v) is 8.14. The summed E-state index contributed by atoms with van der Waals surface area (Å²) >= 11 is 0. The fraction of sp³-hybridized carbons (Fsp3) is 0.211. The molecular formula is C19H18FN5O2. The molecule has 0 bridgehead atoms. The van der Waals surface area contributed by atoms with E-state index in [9.17, 15) is 14.3 Å². The van der Waals surface area contributed by atoms with Gasteiger partial charge >= 0.3 is 0 Å². The van der Waals surface area contributed by atoms with Crippen molar-refractivity contribution in [2.24, 2.45) is 5.73 Å². The SMILES string of the molecule is Cc1ccc(O)c(C)c1-n1c(N)c(C(N)=O)c2cnc(C#CC(C)F)nc21. The maximum Gasteiger partial charge on any atom is 0.253 e. The zero-order valence-electron chi connectivity index (χ0n) is 15.0. The highest BCUT2D eigenvalue weighted by atomic mass is 19.1. The van der Waals surface area contributed by atoms with Crippen molar-refractivity contribution in [1.82, 2.24) is 14.5 Å². The van der Waals surface area contributed by atoms with Crippen molar-refractivity contribution in [3.63, 3.8) is 0 Å². The number of phenolic OH excluding ortho intramolecular Hbond substituents is 1. The molecule has 0 aliphatic rings. The van der Waals surface area contributed by atoms with Gasteiger partial charge in [-0.25, -0.2) is 14.4 Å². The maximum atomic E-state index is 13.0. The number of nitrogens with two attached hydrogens (primary N) is 2. The maximum absolute atomic E-state index is 13.0. The van der Waals surface area contributed by atoms with Crippen LogP contribution in [0.5, 0.6) is 5.75 Å². The number of anilines is 1. The van der Waals surface area contributed by atoms with Crippen LogP contribution in [0.25, 0.3) is 16.7 Å². The smallest absolute Gasteiger partial charge is 0.253 e. The zero-order valence-corrected chi connectivity index (χ0v) is 15.0. The Balaban J connectivity index is 2.43. The van der Waals surface area contributed by atoms with Gasteiger partial charge in [-0.3, -0.25) is 9.36 Å². The largest absolute Gasteiger partial charge is 0.508 e. The van der Waals surface area contributed by atoms with E-state index >= 15 is 0 Å². The molecule has 1 amide bonds. The molecule has 0 spiro atoms. The van der Waals surface area contributed by atoms with E-state index in [0.29, 0.717) is 22.3 Å². The van der Waals surface area contributed by atoms with Gasteiger partial charge in [-0.05, 0) is 38.3 Å². The second kappa shape index (κ2) is 6.61. The number of carbonyl (C=O) groups excluding carboxylic acids is 1. The Morgan fingerprint density at radius 1 is 1.37 bits per heavy atom. The topological polar surface area (TPSA) is 120 Å². The van der Waals surface area contributed by atoms with Crippen LogP contribution >= 0.6 is 0 Å². The lowest BCUT2D eigenvalue weighted by Crippen LogP contribution is -2.14. The van der Waals surface area contributed by atoms with Crippen molar-refractivity contribution in [2.45, 2.75) is 26.9 Å². The number of hydrogen-bond acceptors (Lipinski definition) is 5. The molecule has 3 aromatic rings. The molecule has 0 saturated heterocycles. The average molecular weight is 367 g/mol. The molecular weight excluding hydrogens is 349 g/mol. The number of aryl methyl sites for hydroxylation is 1. The molecule has 27 heavy (non-hydrogen) atoms. The number of fused-ring (bicyclic) bond motifs is 1. The molecule has 1 aromatic carbocycles. The minimum absolute atomic E-state index is 0.0674. The summed E-state index contributed by atoms with van der Waals surface area (Å²) in [5.74, 6) is 4.39. The molecule has 2 heterocycles. The number of primary amides is 1. The predicted molar refractivity (Wildman–Crippen MR) is 100 cm³/mol. The quantitative estimate of drug-likeness (QED) is 0.599. The van der Waals surface area contributed by atoms with Gasteiger partial charge in [0.15, 0.2) is 11.8 Å². The molecule has 1 atom stereocenters. The van der Waals surface area contributed by atoms with E-state index in [-0.39, 0.29) is 23.0 Å². The average Bonchev–Trinajstić information content (AvgIpc) is 2.88. The molecule has 0 saturated carbocycles. The number of amides is 1. The molecule has 7 nitrogen and oxygen atoms in total. The molecule has 0 aliphatic heterocycles. The Morgan fingerprint density at radius 2 is 2.07 bits per heavy atom. The summed E-state index contributed by atoms with van der Waals surface area (Å²) in [6.07, 6.45) is 0.0493. The summed E-state index contributed by atoms with van der Waals surface area (Å²) in [5.41, 5.74) is 14.0. The van der Waals surface area contributed by atoms with E-state index < -0.39 is 12.1 Å². The summed E-state index contributed by atoms with van der Waals surface area (Å²) in [6.45, 7) is 4.86. The Bertz CT molecular complexity index is 1140. The van der Waals surface area contributed by atoms with Gasteiger partial charge in [0.25, 0.3) is 5.91 Å². The van der Waals surface area contributed by atoms with Crippen LogP contribution in [0.4, 0.5) is 10.2 Å². The second-order valence-corrected chi connectivity index (χ2v) is 6.15. The number of phenols is 1. The normalized spacial score (nSPS) is 11.9. The van der Waals surface area contributed by atoms with Crippen molar-refractivity contribution in [1.29, 1.82) is 0 Å². The van der Waals surface area contributed by atoms with E-state index in [1.807, 2.05) is 6.92 Å². The number of benzene rings is 1. The number of aromatic nitrogens is 3. The molecule has 0 radical (unpaired) electrons. The molecule has 3 rings (SSSR count). The van der Waals surface area contributed by atoms with Crippen LogP contribution in [0.1, 0.15) is 34.2 Å². The van der Waals surface area contributed by atoms with Crippen molar-refractivity contribution in [2.75, 3.05) is 5.73 Å². The molecule has 2 aromatic heterocycles. The number of rotatable bonds is 2. The van der Waals surface area contributed by atoms with E-state index in [2.05, 4.69) is 21.8 Å². The van der Waals surface area contributed by atoms with Gasteiger partial charge in [0.2, 0.25) is 5.82 Å². The van der Waals surface area contributed by atoms with Gasteiger partial charge in [-0.1, -0.05) is 12.0 Å². The lowest BCUT2D eigenvalue weighted by atomic mass is 10.1. The highest BCUT2D eigenvalue weighted by molar-refractivity contribution is 6.10. The third-order valence-corrected chi connectivity index (χ3v) is 4.20.